The van der Waals surface area contributed by atoms with Gasteiger partial charge >= 0.3 is 0 Å². The summed E-state index contributed by atoms with van der Waals surface area (Å²) in [4.78, 5) is 8.61. The topological polar surface area (TPSA) is 35.0 Å². The van der Waals surface area contributed by atoms with Gasteiger partial charge in [-0.1, -0.05) is 51.9 Å². The molecule has 1 unspecified atom stereocenters. The lowest BCUT2D eigenvalue weighted by Gasteiger charge is -2.09. The molecule has 0 aliphatic carbocycles. The molecule has 1 aromatic heterocycles. The van der Waals surface area contributed by atoms with Gasteiger partial charge in [0.1, 0.15) is 11.6 Å². The maximum atomic E-state index is 14.5. The molecule has 0 radical (unpaired) electrons. The first-order valence-electron chi connectivity index (χ1n) is 11.5. The Kier molecular flexibility index (Phi) is 11.3. The van der Waals surface area contributed by atoms with Gasteiger partial charge in [-0.2, -0.15) is 0 Å². The van der Waals surface area contributed by atoms with Crippen molar-refractivity contribution < 1.29 is 13.5 Å². The van der Waals surface area contributed by atoms with E-state index in [0.717, 1.165) is 37.7 Å². The normalized spacial score (nSPS) is 12.1. The maximum absolute atomic E-state index is 14.5. The van der Waals surface area contributed by atoms with Crippen LogP contribution in [0, 0.1) is 5.82 Å². The molecule has 1 atom stereocenters. The molecule has 5 heteroatoms. The van der Waals surface area contributed by atoms with Crippen molar-refractivity contribution >= 4 is 0 Å². The Hall–Kier alpha value is -2.04. The fourth-order valence-electron chi connectivity index (χ4n) is 3.39. The van der Waals surface area contributed by atoms with Gasteiger partial charge in [-0.25, -0.2) is 18.7 Å². The summed E-state index contributed by atoms with van der Waals surface area (Å²) in [7, 11) is 0. The van der Waals surface area contributed by atoms with E-state index >= 15 is 0 Å². The van der Waals surface area contributed by atoms with Gasteiger partial charge in [0.2, 0.25) is 0 Å². The highest BCUT2D eigenvalue weighted by Crippen LogP contribution is 2.24. The van der Waals surface area contributed by atoms with Crippen LogP contribution in [0.25, 0.3) is 11.4 Å². The molecule has 1 heterocycles. The highest BCUT2D eigenvalue weighted by Gasteiger charge is 2.10. The number of rotatable bonds is 15. The number of hydrogen-bond acceptors (Lipinski definition) is 3. The van der Waals surface area contributed by atoms with Crippen molar-refractivity contribution in [1.82, 2.24) is 9.97 Å². The van der Waals surface area contributed by atoms with Crippen LogP contribution >= 0.6 is 0 Å². The van der Waals surface area contributed by atoms with Crippen LogP contribution in [-0.2, 0) is 6.42 Å². The van der Waals surface area contributed by atoms with Crippen molar-refractivity contribution in [3.05, 3.63) is 42.0 Å². The van der Waals surface area contributed by atoms with Crippen molar-refractivity contribution in [3.8, 4) is 17.1 Å². The van der Waals surface area contributed by atoms with Crippen LogP contribution in [0.5, 0.6) is 5.75 Å². The van der Waals surface area contributed by atoms with Gasteiger partial charge in [0.25, 0.3) is 0 Å². The van der Waals surface area contributed by atoms with Crippen molar-refractivity contribution in [2.24, 2.45) is 0 Å². The highest BCUT2D eigenvalue weighted by atomic mass is 19.1. The van der Waals surface area contributed by atoms with E-state index < -0.39 is 6.17 Å². The molecule has 2 rings (SSSR count). The van der Waals surface area contributed by atoms with E-state index in [1.54, 1.807) is 31.5 Å². The molecule has 0 amide bonds. The number of ether oxygens (including phenoxy) is 1. The molecule has 2 aromatic rings. The van der Waals surface area contributed by atoms with E-state index in [4.69, 9.17) is 4.74 Å². The summed E-state index contributed by atoms with van der Waals surface area (Å²) < 4.78 is 33.0. The van der Waals surface area contributed by atoms with Gasteiger partial charge in [0.05, 0.1) is 18.3 Å². The third kappa shape index (κ3) is 9.19. The van der Waals surface area contributed by atoms with Gasteiger partial charge in [-0.15, -0.1) is 0 Å². The van der Waals surface area contributed by atoms with E-state index in [1.165, 1.54) is 38.2 Å². The lowest BCUT2D eigenvalue weighted by molar-refractivity contribution is 0.303. The fourth-order valence-corrected chi connectivity index (χ4v) is 3.39. The van der Waals surface area contributed by atoms with E-state index in [-0.39, 0.29) is 5.82 Å². The fraction of sp³-hybridized carbons (Fsp3) is 0.600. The summed E-state index contributed by atoms with van der Waals surface area (Å²) in [6, 6.07) is 4.86. The molecule has 0 N–H and O–H groups in total. The summed E-state index contributed by atoms with van der Waals surface area (Å²) in [5.74, 6) is 0.532. The summed E-state index contributed by atoms with van der Waals surface area (Å²) in [5.41, 5.74) is 1.36. The molecule has 0 spiro atoms. The number of aromatic nitrogens is 2. The zero-order chi connectivity index (χ0) is 21.6. The number of aryl methyl sites for hydroxylation is 1. The monoisotopic (exact) mass is 418 g/mol. The molecule has 0 bridgehead atoms. The first-order chi connectivity index (χ1) is 14.6. The van der Waals surface area contributed by atoms with Crippen LogP contribution in [0.1, 0.15) is 83.6 Å². The molecule has 1 aromatic carbocycles. The number of nitrogens with zero attached hydrogens (tertiary/aromatic N) is 2. The standard InChI is InChI=1S/C25H36F2N2O/c1-3-4-5-6-7-8-11-16-30-22-14-15-23(24(27)17-22)25-28-18-21(19-29-25)13-10-9-12-20(2)26/h14-15,17-20H,3-13,16H2,1-2H3. The van der Waals surface area contributed by atoms with Crippen molar-refractivity contribution in [2.75, 3.05) is 6.61 Å². The Labute approximate surface area is 180 Å². The van der Waals surface area contributed by atoms with Crippen molar-refractivity contribution in [1.29, 1.82) is 0 Å². The lowest BCUT2D eigenvalue weighted by Crippen LogP contribution is -1.99. The second-order valence-electron chi connectivity index (χ2n) is 8.05. The minimum atomic E-state index is -0.755. The third-order valence-electron chi connectivity index (χ3n) is 5.22. The molecule has 166 valence electrons. The Morgan fingerprint density at radius 2 is 1.63 bits per heavy atom. The predicted molar refractivity (Wildman–Crippen MR) is 119 cm³/mol. The number of unbranched alkanes of at least 4 members (excludes halogenated alkanes) is 7. The third-order valence-corrected chi connectivity index (χ3v) is 5.22. The Bertz CT molecular complexity index is 720. The first kappa shape index (κ1) is 24.2. The molecule has 0 saturated carbocycles. The first-order valence-corrected chi connectivity index (χ1v) is 11.5. The summed E-state index contributed by atoms with van der Waals surface area (Å²) >= 11 is 0. The molecular formula is C25H36F2N2O. The summed E-state index contributed by atoms with van der Waals surface area (Å²) in [6.45, 7) is 4.41. The Morgan fingerprint density at radius 3 is 2.30 bits per heavy atom. The highest BCUT2D eigenvalue weighted by molar-refractivity contribution is 5.57. The van der Waals surface area contributed by atoms with Crippen LogP contribution < -0.4 is 4.74 Å². The number of halogens is 2. The molecule has 0 fully saturated rings. The van der Waals surface area contributed by atoms with Crippen molar-refractivity contribution in [2.45, 2.75) is 90.6 Å². The Balaban J connectivity index is 1.76. The number of hydrogen-bond donors (Lipinski definition) is 0. The van der Waals surface area contributed by atoms with Gasteiger partial charge in [-0.05, 0) is 50.3 Å². The molecule has 0 aliphatic heterocycles. The number of benzene rings is 1. The zero-order valence-electron chi connectivity index (χ0n) is 18.5. The molecule has 3 nitrogen and oxygen atoms in total. The molecule has 0 saturated heterocycles. The molecule has 0 aliphatic rings. The minimum Gasteiger partial charge on any atom is -0.493 e. The van der Waals surface area contributed by atoms with Crippen LogP contribution in [0.15, 0.2) is 30.6 Å². The summed E-state index contributed by atoms with van der Waals surface area (Å²) in [6.07, 6.45) is 14.4. The summed E-state index contributed by atoms with van der Waals surface area (Å²) in [5, 5.41) is 0. The minimum absolute atomic E-state index is 0.368. The van der Waals surface area contributed by atoms with Gasteiger partial charge < -0.3 is 4.74 Å². The smallest absolute Gasteiger partial charge is 0.162 e. The van der Waals surface area contributed by atoms with Crippen LogP contribution in [0.2, 0.25) is 0 Å². The predicted octanol–water partition coefficient (Wildman–Crippen LogP) is 7.48. The van der Waals surface area contributed by atoms with Crippen LogP contribution in [-0.4, -0.2) is 22.7 Å². The van der Waals surface area contributed by atoms with Gasteiger partial charge in [0, 0.05) is 18.5 Å². The van der Waals surface area contributed by atoms with E-state index in [9.17, 15) is 8.78 Å². The largest absolute Gasteiger partial charge is 0.493 e. The second kappa shape index (κ2) is 14.1. The van der Waals surface area contributed by atoms with Crippen molar-refractivity contribution in [3.63, 3.8) is 0 Å². The van der Waals surface area contributed by atoms with Crippen LogP contribution in [0.3, 0.4) is 0 Å². The maximum Gasteiger partial charge on any atom is 0.162 e. The van der Waals surface area contributed by atoms with E-state index in [2.05, 4.69) is 16.9 Å². The van der Waals surface area contributed by atoms with Gasteiger partial charge in [-0.3, -0.25) is 0 Å². The lowest BCUT2D eigenvalue weighted by atomic mass is 10.1. The quantitative estimate of drug-likeness (QED) is 0.281. The molecule has 30 heavy (non-hydrogen) atoms. The zero-order valence-corrected chi connectivity index (χ0v) is 18.5. The average Bonchev–Trinajstić information content (AvgIpc) is 2.74. The van der Waals surface area contributed by atoms with Gasteiger partial charge in [0.15, 0.2) is 5.82 Å². The van der Waals surface area contributed by atoms with E-state index in [0.29, 0.717) is 30.2 Å². The Morgan fingerprint density at radius 1 is 0.933 bits per heavy atom. The second-order valence-corrected chi connectivity index (χ2v) is 8.05. The van der Waals surface area contributed by atoms with Crippen LogP contribution in [0.4, 0.5) is 8.78 Å². The van der Waals surface area contributed by atoms with E-state index in [1.807, 2.05) is 0 Å². The molecular weight excluding hydrogens is 382 g/mol. The SMILES string of the molecule is CCCCCCCCCOc1ccc(-c2ncc(CCCCC(C)F)cn2)c(F)c1. The number of alkyl halides is 1. The average molecular weight is 419 g/mol.